The molecule has 24 heavy (non-hydrogen) atoms. The molecule has 1 aromatic heterocycles. The molecule has 0 aliphatic heterocycles. The van der Waals surface area contributed by atoms with Crippen LogP contribution in [0.4, 0.5) is 5.69 Å². The molecule has 3 aromatic rings. The van der Waals surface area contributed by atoms with E-state index in [1.807, 2.05) is 62.4 Å². The Balaban J connectivity index is 1.65. The number of aryl methyl sites for hydroxylation is 2. The van der Waals surface area contributed by atoms with E-state index >= 15 is 0 Å². The number of carbonyl (C=O) groups excluding carboxylic acids is 1. The van der Waals surface area contributed by atoms with Gasteiger partial charge in [-0.2, -0.15) is 0 Å². The van der Waals surface area contributed by atoms with E-state index in [1.165, 1.54) is 6.07 Å². The molecule has 0 aliphatic rings. The molecule has 0 bridgehead atoms. The Morgan fingerprint density at radius 2 is 1.79 bits per heavy atom. The molecule has 0 radical (unpaired) electrons. The topological polar surface area (TPSA) is 64.4 Å². The lowest BCUT2D eigenvalue weighted by molar-refractivity contribution is 0.0987. The molecule has 1 amide bonds. The van der Waals surface area contributed by atoms with Crippen LogP contribution < -0.4 is 10.1 Å². The number of benzene rings is 2. The highest BCUT2D eigenvalue weighted by Crippen LogP contribution is 2.21. The molecule has 0 saturated heterocycles. The van der Waals surface area contributed by atoms with Crippen molar-refractivity contribution in [1.29, 1.82) is 0 Å². The van der Waals surface area contributed by atoms with E-state index in [0.29, 0.717) is 6.61 Å². The first-order valence-corrected chi connectivity index (χ1v) is 7.64. The van der Waals surface area contributed by atoms with E-state index in [4.69, 9.17) is 9.26 Å². The van der Waals surface area contributed by atoms with Gasteiger partial charge in [-0.05, 0) is 35.7 Å². The van der Waals surface area contributed by atoms with Gasteiger partial charge in [-0.1, -0.05) is 48.5 Å². The van der Waals surface area contributed by atoms with Gasteiger partial charge in [0.15, 0.2) is 0 Å². The molecule has 0 aliphatic carbocycles. The van der Waals surface area contributed by atoms with Crippen LogP contribution in [0.5, 0.6) is 5.88 Å². The van der Waals surface area contributed by atoms with Crippen molar-refractivity contribution in [3.05, 3.63) is 77.0 Å². The number of hydrogen-bond acceptors (Lipinski definition) is 4. The van der Waals surface area contributed by atoms with Crippen LogP contribution in [0.25, 0.3) is 0 Å². The maximum atomic E-state index is 12.3. The lowest BCUT2D eigenvalue weighted by atomic mass is 10.1. The van der Waals surface area contributed by atoms with E-state index in [2.05, 4.69) is 10.5 Å². The van der Waals surface area contributed by atoms with Gasteiger partial charge in [-0.25, -0.2) is 0 Å². The number of hydrogen-bond donors (Lipinski definition) is 1. The third kappa shape index (κ3) is 3.63. The summed E-state index contributed by atoms with van der Waals surface area (Å²) < 4.78 is 10.6. The van der Waals surface area contributed by atoms with Crippen LogP contribution in [-0.4, -0.2) is 11.1 Å². The Morgan fingerprint density at radius 3 is 2.50 bits per heavy atom. The predicted molar refractivity (Wildman–Crippen MR) is 91.1 cm³/mol. The summed E-state index contributed by atoms with van der Waals surface area (Å²) in [7, 11) is 0. The van der Waals surface area contributed by atoms with Crippen LogP contribution in [0, 0.1) is 13.8 Å². The number of aromatic nitrogens is 1. The maximum Gasteiger partial charge on any atom is 0.294 e. The van der Waals surface area contributed by atoms with E-state index in [1.54, 1.807) is 0 Å². The zero-order valence-electron chi connectivity index (χ0n) is 13.6. The smallest absolute Gasteiger partial charge is 0.294 e. The molecule has 1 N–H and O–H groups in total. The number of carbonyl (C=O) groups is 1. The zero-order valence-corrected chi connectivity index (χ0v) is 13.6. The second-order valence-electron chi connectivity index (χ2n) is 5.52. The van der Waals surface area contributed by atoms with Crippen LogP contribution in [0.1, 0.15) is 27.2 Å². The predicted octanol–water partition coefficient (Wildman–Crippen LogP) is 4.12. The lowest BCUT2D eigenvalue weighted by Crippen LogP contribution is -2.12. The minimum absolute atomic E-state index is 0.112. The SMILES string of the molecule is Cc1cccc(C)c1NC(=O)c1cc(OCc2ccccc2)no1. The van der Waals surface area contributed by atoms with Crippen LogP contribution >= 0.6 is 0 Å². The molecule has 0 spiro atoms. The second kappa shape index (κ2) is 7.00. The third-order valence-corrected chi connectivity index (χ3v) is 3.66. The zero-order chi connectivity index (χ0) is 16.9. The summed E-state index contributed by atoms with van der Waals surface area (Å²) in [5.74, 6) is 0.0423. The molecular formula is C19H18N2O3. The number of amides is 1. The molecule has 0 fully saturated rings. The van der Waals surface area contributed by atoms with E-state index in [-0.39, 0.29) is 17.5 Å². The van der Waals surface area contributed by atoms with Crippen molar-refractivity contribution in [3.8, 4) is 5.88 Å². The summed E-state index contributed by atoms with van der Waals surface area (Å²) in [6.45, 7) is 4.25. The van der Waals surface area contributed by atoms with Crippen molar-refractivity contribution >= 4 is 11.6 Å². The van der Waals surface area contributed by atoms with Crippen LogP contribution in [-0.2, 0) is 6.61 Å². The molecule has 0 saturated carbocycles. The average molecular weight is 322 g/mol. The van der Waals surface area contributed by atoms with Gasteiger partial charge < -0.3 is 14.6 Å². The number of anilines is 1. The van der Waals surface area contributed by atoms with Crippen LogP contribution in [0.2, 0.25) is 0 Å². The summed E-state index contributed by atoms with van der Waals surface area (Å²) in [6, 6.07) is 17.0. The van der Waals surface area contributed by atoms with Crippen LogP contribution in [0.15, 0.2) is 59.1 Å². The quantitative estimate of drug-likeness (QED) is 0.767. The molecule has 0 unspecified atom stereocenters. The van der Waals surface area contributed by atoms with Crippen molar-refractivity contribution in [3.63, 3.8) is 0 Å². The summed E-state index contributed by atoms with van der Waals surface area (Å²) in [6.07, 6.45) is 0. The number of ether oxygens (including phenoxy) is 1. The Morgan fingerprint density at radius 1 is 1.08 bits per heavy atom. The standard InChI is InChI=1S/C19H18N2O3/c1-13-7-6-8-14(2)18(13)20-19(22)16-11-17(21-24-16)23-12-15-9-4-3-5-10-15/h3-11H,12H2,1-2H3,(H,20,22). The van der Waals surface area contributed by atoms with Crippen molar-refractivity contribution in [1.82, 2.24) is 5.16 Å². The fourth-order valence-electron chi connectivity index (χ4n) is 2.35. The van der Waals surface area contributed by atoms with Crippen molar-refractivity contribution in [2.45, 2.75) is 20.5 Å². The molecule has 122 valence electrons. The summed E-state index contributed by atoms with van der Waals surface area (Å²) in [5, 5.41) is 6.63. The molecule has 3 rings (SSSR count). The molecule has 5 heteroatoms. The first kappa shape index (κ1) is 15.8. The Hall–Kier alpha value is -3.08. The van der Waals surface area contributed by atoms with E-state index < -0.39 is 0 Å². The summed E-state index contributed by atoms with van der Waals surface area (Å²) in [4.78, 5) is 12.3. The van der Waals surface area contributed by atoms with E-state index in [9.17, 15) is 4.79 Å². The van der Waals surface area contributed by atoms with Gasteiger partial charge in [0.25, 0.3) is 11.8 Å². The minimum atomic E-state index is -0.352. The second-order valence-corrected chi connectivity index (χ2v) is 5.52. The largest absolute Gasteiger partial charge is 0.471 e. The normalized spacial score (nSPS) is 10.4. The van der Waals surface area contributed by atoms with Gasteiger partial charge in [0.2, 0.25) is 5.76 Å². The van der Waals surface area contributed by atoms with Gasteiger partial charge in [-0.15, -0.1) is 0 Å². The highest BCUT2D eigenvalue weighted by molar-refractivity contribution is 6.03. The highest BCUT2D eigenvalue weighted by Gasteiger charge is 2.15. The lowest BCUT2D eigenvalue weighted by Gasteiger charge is -2.09. The molecule has 0 atom stereocenters. The van der Waals surface area contributed by atoms with Crippen molar-refractivity contribution < 1.29 is 14.1 Å². The number of nitrogens with one attached hydrogen (secondary N) is 1. The van der Waals surface area contributed by atoms with Gasteiger partial charge >= 0.3 is 0 Å². The van der Waals surface area contributed by atoms with E-state index in [0.717, 1.165) is 22.4 Å². The first-order chi connectivity index (χ1) is 11.6. The number of para-hydroxylation sites is 1. The minimum Gasteiger partial charge on any atom is -0.471 e. The van der Waals surface area contributed by atoms with Gasteiger partial charge in [0.1, 0.15) is 6.61 Å². The molecule has 1 heterocycles. The summed E-state index contributed by atoms with van der Waals surface area (Å²) >= 11 is 0. The summed E-state index contributed by atoms with van der Waals surface area (Å²) in [5.41, 5.74) is 3.78. The highest BCUT2D eigenvalue weighted by atomic mass is 16.5. The van der Waals surface area contributed by atoms with Crippen LogP contribution in [0.3, 0.4) is 0 Å². The Bertz CT molecular complexity index is 821. The average Bonchev–Trinajstić information content (AvgIpc) is 3.06. The monoisotopic (exact) mass is 322 g/mol. The Kier molecular flexibility index (Phi) is 4.61. The fourth-order valence-corrected chi connectivity index (χ4v) is 2.35. The first-order valence-electron chi connectivity index (χ1n) is 7.64. The molecule has 5 nitrogen and oxygen atoms in total. The maximum absolute atomic E-state index is 12.3. The van der Waals surface area contributed by atoms with Gasteiger partial charge in [0, 0.05) is 5.69 Å². The molecular weight excluding hydrogens is 304 g/mol. The fraction of sp³-hybridized carbons (Fsp3) is 0.158. The van der Waals surface area contributed by atoms with Gasteiger partial charge in [0.05, 0.1) is 6.07 Å². The van der Waals surface area contributed by atoms with Crippen molar-refractivity contribution in [2.75, 3.05) is 5.32 Å². The van der Waals surface area contributed by atoms with Crippen molar-refractivity contribution in [2.24, 2.45) is 0 Å². The Labute approximate surface area is 140 Å². The third-order valence-electron chi connectivity index (χ3n) is 3.66. The van der Waals surface area contributed by atoms with Gasteiger partial charge in [-0.3, -0.25) is 4.79 Å². The molecule has 2 aromatic carbocycles. The number of rotatable bonds is 5. The number of nitrogens with zero attached hydrogens (tertiary/aromatic N) is 1.